The number of hydrogen-bond donors (Lipinski definition) is 3. The van der Waals surface area contributed by atoms with Crippen molar-refractivity contribution in [3.8, 4) is 5.88 Å². The van der Waals surface area contributed by atoms with E-state index in [0.717, 1.165) is 43.4 Å². The van der Waals surface area contributed by atoms with Gasteiger partial charge in [-0.05, 0) is 70.3 Å². The molecule has 1 spiro atoms. The molecule has 182 valence electrons. The van der Waals surface area contributed by atoms with Crippen molar-refractivity contribution in [3.05, 3.63) is 40.7 Å². The number of aliphatic hydroxyl groups excluding tert-OH is 1. The number of carbonyl (C=O) groups excluding carboxylic acids is 1. The fourth-order valence-electron chi connectivity index (χ4n) is 4.96. The summed E-state index contributed by atoms with van der Waals surface area (Å²) in [6.45, 7) is 5.81. The summed E-state index contributed by atoms with van der Waals surface area (Å²) in [4.78, 5) is 24.7. The number of aromatic nitrogens is 2. The molecular weight excluding hydrogens is 454 g/mol. The fraction of sp³-hybridized carbons (Fsp3) is 0.520. The van der Waals surface area contributed by atoms with Gasteiger partial charge >= 0.3 is 0 Å². The van der Waals surface area contributed by atoms with Gasteiger partial charge in [0.15, 0.2) is 11.5 Å². The van der Waals surface area contributed by atoms with Gasteiger partial charge in [-0.2, -0.15) is 4.98 Å². The predicted molar refractivity (Wildman–Crippen MR) is 133 cm³/mol. The third-order valence-corrected chi connectivity index (χ3v) is 7.02. The van der Waals surface area contributed by atoms with E-state index in [0.29, 0.717) is 40.7 Å². The van der Waals surface area contributed by atoms with Gasteiger partial charge in [-0.1, -0.05) is 29.8 Å². The van der Waals surface area contributed by atoms with E-state index >= 15 is 0 Å². The van der Waals surface area contributed by atoms with Crippen LogP contribution in [0.4, 0.5) is 11.5 Å². The van der Waals surface area contributed by atoms with Gasteiger partial charge in [0.25, 0.3) is 0 Å². The number of nitrogens with zero attached hydrogens (tertiary/aromatic N) is 3. The zero-order chi connectivity index (χ0) is 24.5. The lowest BCUT2D eigenvalue weighted by molar-refractivity contribution is -0.124. The van der Waals surface area contributed by atoms with Crippen LogP contribution in [0.5, 0.6) is 5.88 Å². The summed E-state index contributed by atoms with van der Waals surface area (Å²) in [5, 5.41) is 12.4. The summed E-state index contributed by atoms with van der Waals surface area (Å²) in [6.07, 6.45) is 13.2. The number of aryl methyl sites for hydroxylation is 1. The molecule has 2 heterocycles. The molecule has 1 aliphatic heterocycles. The highest BCUT2D eigenvalue weighted by Gasteiger charge is 2.37. The van der Waals surface area contributed by atoms with Crippen molar-refractivity contribution < 1.29 is 14.6 Å². The summed E-state index contributed by atoms with van der Waals surface area (Å²) in [5.74, 6) is 1.32. The Hall–Kier alpha value is -2.71. The second-order valence-corrected chi connectivity index (χ2v) is 10.3. The maximum absolute atomic E-state index is 11.3. The number of nitrogens with one attached hydrogen (secondary N) is 1. The number of anilines is 1. The first-order valence-electron chi connectivity index (χ1n) is 11.7. The maximum atomic E-state index is 11.3. The SMILES string of the molecule is Cc1nc(N)c2c(n1)OC(C)(C)C(C1=C\C(Cl)=C\C3(C/C=C\1)CCC(CNC(=O)CO)CC3)=N2. The third-order valence-electron chi connectivity index (χ3n) is 6.80. The van der Waals surface area contributed by atoms with Crippen molar-refractivity contribution in [2.45, 2.75) is 58.5 Å². The van der Waals surface area contributed by atoms with Gasteiger partial charge < -0.3 is 20.9 Å². The monoisotopic (exact) mass is 485 g/mol. The van der Waals surface area contributed by atoms with Crippen molar-refractivity contribution in [2.24, 2.45) is 16.3 Å². The fourth-order valence-corrected chi connectivity index (χ4v) is 5.31. The number of fused-ring (bicyclic) bond motifs is 1. The zero-order valence-corrected chi connectivity index (χ0v) is 20.7. The van der Waals surface area contributed by atoms with Crippen LogP contribution in [0.25, 0.3) is 0 Å². The molecule has 1 aromatic rings. The summed E-state index contributed by atoms with van der Waals surface area (Å²) in [5.41, 5.74) is 7.42. The molecule has 0 radical (unpaired) electrons. The second-order valence-electron chi connectivity index (χ2n) is 9.89. The molecule has 3 aliphatic rings. The lowest BCUT2D eigenvalue weighted by atomic mass is 9.68. The minimum atomic E-state index is -0.721. The number of hydrogen-bond acceptors (Lipinski definition) is 7. The number of amides is 1. The molecule has 0 atom stereocenters. The molecule has 1 saturated carbocycles. The third kappa shape index (κ3) is 5.18. The lowest BCUT2D eigenvalue weighted by Crippen LogP contribution is -2.41. The molecule has 0 unspecified atom stereocenters. The lowest BCUT2D eigenvalue weighted by Gasteiger charge is -2.38. The number of carbonyl (C=O) groups is 1. The first-order valence-corrected chi connectivity index (χ1v) is 12.1. The molecule has 4 rings (SSSR count). The number of allylic oxidation sites excluding steroid dienone is 5. The Balaban J connectivity index is 1.56. The highest BCUT2D eigenvalue weighted by atomic mass is 35.5. The number of ether oxygens (including phenoxy) is 1. The van der Waals surface area contributed by atoms with Crippen LogP contribution in [-0.2, 0) is 4.79 Å². The van der Waals surface area contributed by atoms with Crippen LogP contribution in [-0.4, -0.2) is 45.4 Å². The number of rotatable bonds is 4. The zero-order valence-electron chi connectivity index (χ0n) is 19.9. The summed E-state index contributed by atoms with van der Waals surface area (Å²) >= 11 is 6.75. The maximum Gasteiger partial charge on any atom is 0.246 e. The number of aliphatic imine (C=N–C) groups is 1. The Kier molecular flexibility index (Phi) is 6.82. The molecule has 0 aromatic carbocycles. The molecule has 1 amide bonds. The van der Waals surface area contributed by atoms with E-state index in [-0.39, 0.29) is 11.3 Å². The van der Waals surface area contributed by atoms with E-state index in [1.54, 1.807) is 6.92 Å². The van der Waals surface area contributed by atoms with E-state index in [2.05, 4.69) is 33.5 Å². The van der Waals surface area contributed by atoms with Gasteiger partial charge in [0.1, 0.15) is 18.0 Å². The Morgan fingerprint density at radius 3 is 2.76 bits per heavy atom. The molecule has 34 heavy (non-hydrogen) atoms. The standard InChI is InChI=1S/C25H32ClN5O3/c1-15-29-22(27)20-23(30-15)34-24(2,3)21(31-20)17-5-4-8-25(12-18(26)11-17)9-6-16(7-10-25)13-28-19(33)14-32/h4-5,11-12,16,32H,6-10,13-14H2,1-3H3,(H,28,33)(H2,27,29,30)/b5-4-,17-11-,18-12-. The smallest absolute Gasteiger partial charge is 0.246 e. The molecule has 9 heteroatoms. The largest absolute Gasteiger partial charge is 0.463 e. The molecule has 8 nitrogen and oxygen atoms in total. The van der Waals surface area contributed by atoms with E-state index in [1.165, 1.54) is 0 Å². The van der Waals surface area contributed by atoms with Crippen LogP contribution in [0.1, 0.15) is 51.8 Å². The van der Waals surface area contributed by atoms with Gasteiger partial charge in [0.05, 0.1) is 5.71 Å². The highest BCUT2D eigenvalue weighted by molar-refractivity contribution is 6.32. The van der Waals surface area contributed by atoms with Crippen LogP contribution < -0.4 is 15.8 Å². The van der Waals surface area contributed by atoms with E-state index in [1.807, 2.05) is 19.9 Å². The van der Waals surface area contributed by atoms with Crippen molar-refractivity contribution in [3.63, 3.8) is 0 Å². The molecule has 0 saturated heterocycles. The number of nitrogens with two attached hydrogens (primary N) is 1. The average molecular weight is 486 g/mol. The Morgan fingerprint density at radius 2 is 2.06 bits per heavy atom. The van der Waals surface area contributed by atoms with Gasteiger partial charge in [-0.3, -0.25) is 4.79 Å². The van der Waals surface area contributed by atoms with Gasteiger partial charge in [0.2, 0.25) is 11.8 Å². The van der Waals surface area contributed by atoms with E-state index in [9.17, 15) is 4.79 Å². The van der Waals surface area contributed by atoms with Crippen molar-refractivity contribution in [2.75, 3.05) is 18.9 Å². The number of halogens is 1. The summed E-state index contributed by atoms with van der Waals surface area (Å²) in [7, 11) is 0. The van der Waals surface area contributed by atoms with E-state index < -0.39 is 12.2 Å². The summed E-state index contributed by atoms with van der Waals surface area (Å²) < 4.78 is 6.18. The first kappa shape index (κ1) is 24.4. The van der Waals surface area contributed by atoms with Gasteiger partial charge in [0, 0.05) is 17.2 Å². The topological polar surface area (TPSA) is 123 Å². The highest BCUT2D eigenvalue weighted by Crippen LogP contribution is 2.46. The normalized spacial score (nSPS) is 29.8. The molecule has 1 fully saturated rings. The average Bonchev–Trinajstić information content (AvgIpc) is 2.75. The number of nitrogen functional groups attached to an aromatic ring is 1. The van der Waals surface area contributed by atoms with Crippen molar-refractivity contribution >= 4 is 34.7 Å². The Bertz CT molecular complexity index is 1100. The van der Waals surface area contributed by atoms with Crippen LogP contribution in [0.3, 0.4) is 0 Å². The van der Waals surface area contributed by atoms with Crippen LogP contribution >= 0.6 is 11.6 Å². The van der Waals surface area contributed by atoms with Crippen molar-refractivity contribution in [1.82, 2.24) is 15.3 Å². The molecule has 2 aliphatic carbocycles. The predicted octanol–water partition coefficient (Wildman–Crippen LogP) is 3.90. The minimum Gasteiger partial charge on any atom is -0.463 e. The minimum absolute atomic E-state index is 0.00408. The molecular formula is C25H32ClN5O3. The quantitative estimate of drug-likeness (QED) is 0.594. The second kappa shape index (κ2) is 9.50. The Labute approximate surface area is 205 Å². The molecule has 4 N–H and O–H groups in total. The Morgan fingerprint density at radius 1 is 1.32 bits per heavy atom. The molecule has 0 bridgehead atoms. The van der Waals surface area contributed by atoms with E-state index in [4.69, 9.17) is 32.2 Å². The van der Waals surface area contributed by atoms with Gasteiger partial charge in [-0.15, -0.1) is 0 Å². The first-order chi connectivity index (χ1) is 16.1. The van der Waals surface area contributed by atoms with Gasteiger partial charge in [-0.25, -0.2) is 9.98 Å². The summed E-state index contributed by atoms with van der Waals surface area (Å²) in [6, 6.07) is 0. The van der Waals surface area contributed by atoms with Crippen LogP contribution in [0, 0.1) is 18.3 Å². The van der Waals surface area contributed by atoms with Crippen LogP contribution in [0.2, 0.25) is 0 Å². The molecule has 1 aromatic heterocycles. The van der Waals surface area contributed by atoms with Crippen molar-refractivity contribution in [1.29, 1.82) is 0 Å². The number of aliphatic hydroxyl groups is 1. The van der Waals surface area contributed by atoms with Crippen LogP contribution in [0.15, 0.2) is 39.9 Å².